The first-order valence-electron chi connectivity index (χ1n) is 5.30. The maximum Gasteiger partial charge on any atom is 0.0698 e. The topological polar surface area (TPSA) is 41.5 Å². The monoisotopic (exact) mass is 219 g/mol. The van der Waals surface area contributed by atoms with E-state index in [4.69, 9.17) is 9.84 Å². The number of thioether (sulfide) groups is 1. The molecule has 0 bridgehead atoms. The maximum atomic E-state index is 8.49. The van der Waals surface area contributed by atoms with Crippen LogP contribution in [0.25, 0.3) is 0 Å². The fourth-order valence-electron chi connectivity index (χ4n) is 1.64. The summed E-state index contributed by atoms with van der Waals surface area (Å²) in [5.41, 5.74) is 0. The van der Waals surface area contributed by atoms with Gasteiger partial charge in [0.15, 0.2) is 0 Å². The van der Waals surface area contributed by atoms with Crippen LogP contribution in [0.3, 0.4) is 0 Å². The molecule has 3 nitrogen and oxygen atoms in total. The standard InChI is InChI=1S/C10H21NO2S/c1-10(3-2-8-14-10)9-11-4-6-13-7-5-12/h11-12H,2-9H2,1H3. The molecule has 1 unspecified atom stereocenters. The number of nitrogens with one attached hydrogen (secondary N) is 1. The second-order valence-corrected chi connectivity index (χ2v) is 5.60. The van der Waals surface area contributed by atoms with Crippen molar-refractivity contribution < 1.29 is 9.84 Å². The number of aliphatic hydroxyl groups is 1. The lowest BCUT2D eigenvalue weighted by Crippen LogP contribution is -2.34. The fraction of sp³-hybridized carbons (Fsp3) is 1.00. The summed E-state index contributed by atoms with van der Waals surface area (Å²) in [4.78, 5) is 0. The molecule has 0 aromatic carbocycles. The Labute approximate surface area is 90.6 Å². The Bertz CT molecular complexity index is 149. The first-order valence-corrected chi connectivity index (χ1v) is 6.29. The molecule has 84 valence electrons. The number of rotatable bonds is 7. The van der Waals surface area contributed by atoms with E-state index in [0.717, 1.165) is 13.1 Å². The normalized spacial score (nSPS) is 27.0. The van der Waals surface area contributed by atoms with Gasteiger partial charge in [-0.1, -0.05) is 0 Å². The molecule has 1 saturated heterocycles. The Morgan fingerprint density at radius 1 is 1.50 bits per heavy atom. The van der Waals surface area contributed by atoms with Gasteiger partial charge in [0.25, 0.3) is 0 Å². The highest BCUT2D eigenvalue weighted by atomic mass is 32.2. The summed E-state index contributed by atoms with van der Waals surface area (Å²) in [5, 5.41) is 11.9. The molecule has 0 aromatic heterocycles. The van der Waals surface area contributed by atoms with Crippen LogP contribution in [0.5, 0.6) is 0 Å². The second kappa shape index (κ2) is 6.67. The summed E-state index contributed by atoms with van der Waals surface area (Å²) < 4.78 is 5.60. The van der Waals surface area contributed by atoms with E-state index in [2.05, 4.69) is 24.0 Å². The molecule has 1 rings (SSSR count). The quantitative estimate of drug-likeness (QED) is 0.624. The number of aliphatic hydroxyl groups excluding tert-OH is 1. The third kappa shape index (κ3) is 4.64. The van der Waals surface area contributed by atoms with Gasteiger partial charge in [-0.3, -0.25) is 0 Å². The molecule has 0 radical (unpaired) electrons. The molecule has 1 fully saturated rings. The fourth-order valence-corrected chi connectivity index (χ4v) is 2.91. The average Bonchev–Trinajstić information content (AvgIpc) is 2.59. The third-order valence-electron chi connectivity index (χ3n) is 2.46. The van der Waals surface area contributed by atoms with Gasteiger partial charge in [0.1, 0.15) is 0 Å². The third-order valence-corrected chi connectivity index (χ3v) is 4.00. The van der Waals surface area contributed by atoms with Gasteiger partial charge in [0.2, 0.25) is 0 Å². The van der Waals surface area contributed by atoms with Crippen LogP contribution in [0, 0.1) is 0 Å². The highest BCUT2D eigenvalue weighted by Gasteiger charge is 2.28. The first-order chi connectivity index (χ1) is 6.77. The van der Waals surface area contributed by atoms with Crippen molar-refractivity contribution in [3.8, 4) is 0 Å². The summed E-state index contributed by atoms with van der Waals surface area (Å²) in [7, 11) is 0. The molecule has 0 spiro atoms. The Balaban J connectivity index is 1.92. The first kappa shape index (κ1) is 12.3. The summed E-state index contributed by atoms with van der Waals surface area (Å²) >= 11 is 2.07. The van der Waals surface area contributed by atoms with Crippen molar-refractivity contribution in [3.05, 3.63) is 0 Å². The molecule has 4 heteroatoms. The van der Waals surface area contributed by atoms with Gasteiger partial charge in [-0.2, -0.15) is 11.8 Å². The zero-order chi connectivity index (χ0) is 10.3. The second-order valence-electron chi connectivity index (χ2n) is 3.91. The van der Waals surface area contributed by atoms with E-state index in [1.54, 1.807) is 0 Å². The lowest BCUT2D eigenvalue weighted by molar-refractivity contribution is 0.0937. The Morgan fingerprint density at radius 2 is 2.36 bits per heavy atom. The van der Waals surface area contributed by atoms with Crippen molar-refractivity contribution in [2.24, 2.45) is 0 Å². The van der Waals surface area contributed by atoms with Gasteiger partial charge in [0.05, 0.1) is 19.8 Å². The van der Waals surface area contributed by atoms with E-state index in [1.165, 1.54) is 18.6 Å². The van der Waals surface area contributed by atoms with Crippen LogP contribution in [0.15, 0.2) is 0 Å². The summed E-state index contributed by atoms with van der Waals surface area (Å²) in [6, 6.07) is 0. The molecule has 1 aliphatic rings. The molecular weight excluding hydrogens is 198 g/mol. The van der Waals surface area contributed by atoms with Gasteiger partial charge < -0.3 is 15.2 Å². The zero-order valence-electron chi connectivity index (χ0n) is 8.92. The number of ether oxygens (including phenoxy) is 1. The predicted molar refractivity (Wildman–Crippen MR) is 60.9 cm³/mol. The lowest BCUT2D eigenvalue weighted by Gasteiger charge is -2.22. The van der Waals surface area contributed by atoms with Crippen LogP contribution in [-0.2, 0) is 4.74 Å². The molecule has 0 saturated carbocycles. The van der Waals surface area contributed by atoms with E-state index in [-0.39, 0.29) is 6.61 Å². The van der Waals surface area contributed by atoms with Crippen LogP contribution in [0.1, 0.15) is 19.8 Å². The van der Waals surface area contributed by atoms with Crippen LogP contribution in [0.2, 0.25) is 0 Å². The van der Waals surface area contributed by atoms with Gasteiger partial charge in [-0.05, 0) is 25.5 Å². The van der Waals surface area contributed by atoms with Gasteiger partial charge >= 0.3 is 0 Å². The van der Waals surface area contributed by atoms with Crippen molar-refractivity contribution in [3.63, 3.8) is 0 Å². The minimum absolute atomic E-state index is 0.119. The van der Waals surface area contributed by atoms with Crippen LogP contribution >= 0.6 is 11.8 Å². The van der Waals surface area contributed by atoms with Crippen LogP contribution < -0.4 is 5.32 Å². The molecule has 1 heterocycles. The Kier molecular flexibility index (Phi) is 5.86. The van der Waals surface area contributed by atoms with Crippen molar-refractivity contribution in [2.45, 2.75) is 24.5 Å². The highest BCUT2D eigenvalue weighted by Crippen LogP contribution is 2.36. The highest BCUT2D eigenvalue weighted by molar-refractivity contribution is 8.00. The van der Waals surface area contributed by atoms with E-state index in [0.29, 0.717) is 18.0 Å². The lowest BCUT2D eigenvalue weighted by atomic mass is 10.1. The summed E-state index contributed by atoms with van der Waals surface area (Å²) in [6.07, 6.45) is 2.67. The van der Waals surface area contributed by atoms with Crippen molar-refractivity contribution in [1.82, 2.24) is 5.32 Å². The molecule has 14 heavy (non-hydrogen) atoms. The Morgan fingerprint density at radius 3 is 3.00 bits per heavy atom. The molecule has 0 aromatic rings. The van der Waals surface area contributed by atoms with E-state index < -0.39 is 0 Å². The predicted octanol–water partition coefficient (Wildman–Crippen LogP) is 0.871. The molecule has 0 amide bonds. The van der Waals surface area contributed by atoms with E-state index in [1.807, 2.05) is 0 Å². The molecule has 1 aliphatic heterocycles. The molecule has 1 atom stereocenters. The van der Waals surface area contributed by atoms with Gasteiger partial charge in [-0.15, -0.1) is 0 Å². The van der Waals surface area contributed by atoms with Gasteiger partial charge in [0, 0.05) is 17.8 Å². The molecule has 0 aliphatic carbocycles. The van der Waals surface area contributed by atoms with Crippen molar-refractivity contribution in [1.29, 1.82) is 0 Å². The van der Waals surface area contributed by atoms with E-state index in [9.17, 15) is 0 Å². The van der Waals surface area contributed by atoms with E-state index >= 15 is 0 Å². The largest absolute Gasteiger partial charge is 0.394 e. The number of hydrogen-bond donors (Lipinski definition) is 2. The summed E-state index contributed by atoms with van der Waals surface area (Å²) in [5.74, 6) is 1.30. The number of hydrogen-bond acceptors (Lipinski definition) is 4. The Hall–Kier alpha value is 0.230. The average molecular weight is 219 g/mol. The maximum absolute atomic E-state index is 8.49. The van der Waals surface area contributed by atoms with Gasteiger partial charge in [-0.25, -0.2) is 0 Å². The van der Waals surface area contributed by atoms with Crippen LogP contribution in [0.4, 0.5) is 0 Å². The van der Waals surface area contributed by atoms with Crippen LogP contribution in [-0.4, -0.2) is 48.5 Å². The smallest absolute Gasteiger partial charge is 0.0698 e. The summed E-state index contributed by atoms with van der Waals surface area (Å²) in [6.45, 7) is 5.55. The minimum Gasteiger partial charge on any atom is -0.394 e. The minimum atomic E-state index is 0.119. The molecule has 2 N–H and O–H groups in total. The SMILES string of the molecule is CC1(CNCCOCCO)CCCS1. The zero-order valence-corrected chi connectivity index (χ0v) is 9.74. The van der Waals surface area contributed by atoms with Crippen molar-refractivity contribution in [2.75, 3.05) is 38.7 Å². The molecular formula is C10H21NO2S. The van der Waals surface area contributed by atoms with Crippen molar-refractivity contribution >= 4 is 11.8 Å².